The van der Waals surface area contributed by atoms with Crippen LogP contribution in [-0.4, -0.2) is 16.5 Å². The SMILES string of the molecule is CC(=O)NN=C(c1ccccc1)c1cc([N+](=O)[O-])ccc1Cl. The van der Waals surface area contributed by atoms with Gasteiger partial charge in [0.15, 0.2) is 0 Å². The second-order valence-electron chi connectivity index (χ2n) is 4.42. The molecule has 7 heteroatoms. The fraction of sp³-hybridized carbons (Fsp3) is 0.0667. The third-order valence-electron chi connectivity index (χ3n) is 2.79. The number of carbonyl (C=O) groups excluding carboxylic acids is 1. The van der Waals surface area contributed by atoms with Crippen LogP contribution in [0.4, 0.5) is 5.69 Å². The van der Waals surface area contributed by atoms with Gasteiger partial charge in [0.25, 0.3) is 5.69 Å². The molecule has 0 saturated carbocycles. The molecule has 2 rings (SSSR count). The number of hydrogen-bond donors (Lipinski definition) is 1. The highest BCUT2D eigenvalue weighted by Crippen LogP contribution is 2.25. The molecule has 0 radical (unpaired) electrons. The monoisotopic (exact) mass is 317 g/mol. The van der Waals surface area contributed by atoms with Crippen LogP contribution in [0.3, 0.4) is 0 Å². The van der Waals surface area contributed by atoms with Crippen molar-refractivity contribution in [1.29, 1.82) is 0 Å². The minimum absolute atomic E-state index is 0.106. The number of non-ortho nitro benzene ring substituents is 1. The minimum atomic E-state index is -0.513. The lowest BCUT2D eigenvalue weighted by molar-refractivity contribution is -0.384. The van der Waals surface area contributed by atoms with E-state index in [2.05, 4.69) is 10.5 Å². The third kappa shape index (κ3) is 3.67. The molecule has 0 heterocycles. The van der Waals surface area contributed by atoms with Crippen LogP contribution in [-0.2, 0) is 4.79 Å². The average Bonchev–Trinajstić information content (AvgIpc) is 2.49. The molecule has 2 aromatic carbocycles. The molecule has 0 spiro atoms. The Balaban J connectivity index is 2.59. The Morgan fingerprint density at radius 3 is 2.50 bits per heavy atom. The quantitative estimate of drug-likeness (QED) is 0.534. The van der Waals surface area contributed by atoms with Crippen LogP contribution in [0.25, 0.3) is 0 Å². The number of carbonyl (C=O) groups is 1. The van der Waals surface area contributed by atoms with E-state index in [-0.39, 0.29) is 11.6 Å². The van der Waals surface area contributed by atoms with Gasteiger partial charge < -0.3 is 0 Å². The zero-order chi connectivity index (χ0) is 16.1. The Kier molecular flexibility index (Phi) is 4.85. The Labute approximate surface area is 131 Å². The van der Waals surface area contributed by atoms with Gasteiger partial charge in [0.2, 0.25) is 5.91 Å². The predicted molar refractivity (Wildman–Crippen MR) is 84.0 cm³/mol. The van der Waals surface area contributed by atoms with Crippen molar-refractivity contribution in [3.8, 4) is 0 Å². The van der Waals surface area contributed by atoms with Crippen LogP contribution in [0.2, 0.25) is 5.02 Å². The molecule has 1 N–H and O–H groups in total. The molecule has 22 heavy (non-hydrogen) atoms. The Morgan fingerprint density at radius 2 is 1.91 bits per heavy atom. The first-order valence-corrected chi connectivity index (χ1v) is 6.71. The van der Waals surface area contributed by atoms with Crippen molar-refractivity contribution in [1.82, 2.24) is 5.43 Å². The van der Waals surface area contributed by atoms with E-state index < -0.39 is 4.92 Å². The average molecular weight is 318 g/mol. The lowest BCUT2D eigenvalue weighted by atomic mass is 10.0. The molecule has 0 aromatic heterocycles. The molecule has 0 bridgehead atoms. The number of hydrazone groups is 1. The smallest absolute Gasteiger partial charge is 0.270 e. The topological polar surface area (TPSA) is 84.6 Å². The molecule has 0 atom stereocenters. The summed E-state index contributed by atoms with van der Waals surface area (Å²) in [4.78, 5) is 21.5. The van der Waals surface area contributed by atoms with E-state index >= 15 is 0 Å². The summed E-state index contributed by atoms with van der Waals surface area (Å²) < 4.78 is 0. The number of benzene rings is 2. The summed E-state index contributed by atoms with van der Waals surface area (Å²) in [5.41, 5.74) is 3.64. The molecule has 1 amide bonds. The van der Waals surface area contributed by atoms with Gasteiger partial charge in [0, 0.05) is 30.2 Å². The van der Waals surface area contributed by atoms with Crippen LogP contribution in [0, 0.1) is 10.1 Å². The Morgan fingerprint density at radius 1 is 1.23 bits per heavy atom. The van der Waals surface area contributed by atoms with E-state index in [0.717, 1.165) is 0 Å². The van der Waals surface area contributed by atoms with Crippen molar-refractivity contribution in [2.75, 3.05) is 0 Å². The summed E-state index contributed by atoms with van der Waals surface area (Å²) in [5, 5.41) is 15.3. The maximum Gasteiger partial charge on any atom is 0.270 e. The molecule has 0 aliphatic heterocycles. The van der Waals surface area contributed by atoms with Gasteiger partial charge in [-0.2, -0.15) is 5.10 Å². The second-order valence-corrected chi connectivity index (χ2v) is 4.82. The molecule has 6 nitrogen and oxygen atoms in total. The fourth-order valence-corrected chi connectivity index (χ4v) is 2.03. The minimum Gasteiger partial charge on any atom is -0.274 e. The highest BCUT2D eigenvalue weighted by molar-refractivity contribution is 6.35. The first-order valence-electron chi connectivity index (χ1n) is 6.33. The first kappa shape index (κ1) is 15.7. The second kappa shape index (κ2) is 6.82. The molecule has 2 aromatic rings. The summed E-state index contributed by atoms with van der Waals surface area (Å²) in [6.07, 6.45) is 0. The zero-order valence-corrected chi connectivity index (χ0v) is 12.4. The van der Waals surface area contributed by atoms with Crippen LogP contribution in [0.1, 0.15) is 18.1 Å². The van der Waals surface area contributed by atoms with Crippen LogP contribution >= 0.6 is 11.6 Å². The number of rotatable bonds is 4. The molecule has 112 valence electrons. The number of nitro benzene ring substituents is 1. The summed E-state index contributed by atoms with van der Waals surface area (Å²) in [5.74, 6) is -0.352. The van der Waals surface area contributed by atoms with Crippen LogP contribution < -0.4 is 5.43 Å². The summed E-state index contributed by atoms with van der Waals surface area (Å²) >= 11 is 6.14. The van der Waals surface area contributed by atoms with Gasteiger partial charge >= 0.3 is 0 Å². The van der Waals surface area contributed by atoms with Crippen molar-refractivity contribution < 1.29 is 9.72 Å². The lowest BCUT2D eigenvalue weighted by Gasteiger charge is -2.09. The van der Waals surface area contributed by atoms with Crippen molar-refractivity contribution >= 4 is 28.9 Å². The van der Waals surface area contributed by atoms with Gasteiger partial charge in [-0.3, -0.25) is 14.9 Å². The normalized spacial score (nSPS) is 11.1. The maximum absolute atomic E-state index is 11.1. The fourth-order valence-electron chi connectivity index (χ4n) is 1.82. The Hall–Kier alpha value is -2.73. The van der Waals surface area contributed by atoms with E-state index in [0.29, 0.717) is 21.9 Å². The molecule has 0 saturated heterocycles. The van der Waals surface area contributed by atoms with Gasteiger partial charge in [0.05, 0.1) is 15.7 Å². The van der Waals surface area contributed by atoms with E-state index in [4.69, 9.17) is 11.6 Å². The highest BCUT2D eigenvalue weighted by atomic mass is 35.5. The summed E-state index contributed by atoms with van der Waals surface area (Å²) in [6.45, 7) is 1.32. The van der Waals surface area contributed by atoms with Gasteiger partial charge in [-0.05, 0) is 6.07 Å². The van der Waals surface area contributed by atoms with Crippen molar-refractivity contribution in [3.63, 3.8) is 0 Å². The van der Waals surface area contributed by atoms with Crippen LogP contribution in [0.5, 0.6) is 0 Å². The van der Waals surface area contributed by atoms with Crippen molar-refractivity contribution in [3.05, 3.63) is 74.8 Å². The lowest BCUT2D eigenvalue weighted by Crippen LogP contribution is -2.17. The highest BCUT2D eigenvalue weighted by Gasteiger charge is 2.16. The molecular formula is C15H12ClN3O3. The summed E-state index contributed by atoms with van der Waals surface area (Å²) in [6, 6.07) is 13.0. The molecule has 0 aliphatic carbocycles. The zero-order valence-electron chi connectivity index (χ0n) is 11.6. The van der Waals surface area contributed by atoms with E-state index in [1.165, 1.54) is 25.1 Å². The van der Waals surface area contributed by atoms with Gasteiger partial charge in [-0.15, -0.1) is 0 Å². The maximum atomic E-state index is 11.1. The van der Waals surface area contributed by atoms with Gasteiger partial charge in [0.1, 0.15) is 0 Å². The van der Waals surface area contributed by atoms with E-state index in [1.54, 1.807) is 24.3 Å². The predicted octanol–water partition coefficient (Wildman–Crippen LogP) is 3.14. The number of halogens is 1. The number of nitro groups is 1. The summed E-state index contributed by atoms with van der Waals surface area (Å²) in [7, 11) is 0. The molecule has 0 aliphatic rings. The number of hydrogen-bond acceptors (Lipinski definition) is 4. The van der Waals surface area contributed by atoms with Crippen molar-refractivity contribution in [2.45, 2.75) is 6.92 Å². The first-order chi connectivity index (χ1) is 10.5. The van der Waals surface area contributed by atoms with Gasteiger partial charge in [-0.1, -0.05) is 41.9 Å². The molecule has 0 fully saturated rings. The van der Waals surface area contributed by atoms with E-state index in [9.17, 15) is 14.9 Å². The number of nitrogens with zero attached hydrogens (tertiary/aromatic N) is 2. The van der Waals surface area contributed by atoms with Crippen LogP contribution in [0.15, 0.2) is 53.6 Å². The van der Waals surface area contributed by atoms with Crippen molar-refractivity contribution in [2.24, 2.45) is 5.10 Å². The van der Waals surface area contributed by atoms with Gasteiger partial charge in [-0.25, -0.2) is 5.43 Å². The number of nitrogens with one attached hydrogen (secondary N) is 1. The standard InChI is InChI=1S/C15H12ClN3O3/c1-10(20)17-18-15(11-5-3-2-4-6-11)13-9-12(19(21)22)7-8-14(13)16/h2-9H,1H3,(H,17,20). The molecular weight excluding hydrogens is 306 g/mol. The third-order valence-corrected chi connectivity index (χ3v) is 3.12. The Bertz CT molecular complexity index is 745. The van der Waals surface area contributed by atoms with E-state index in [1.807, 2.05) is 6.07 Å². The molecule has 0 unspecified atom stereocenters. The number of amides is 1. The largest absolute Gasteiger partial charge is 0.274 e.